The quantitative estimate of drug-likeness (QED) is 0.772. The standard InChI is InChI=1S/C16H19N3O/c1-12(2)20-16-7-6-14(10-15(16)11-18)13(3)19-9-5-4-8-17/h6-7,10,12,19H,3-5,9H2,1-2H3. The first-order chi connectivity index (χ1) is 9.58. The Morgan fingerprint density at radius 2 is 2.15 bits per heavy atom. The van der Waals surface area contributed by atoms with Crippen molar-refractivity contribution >= 4 is 5.70 Å². The molecular formula is C16H19N3O. The van der Waals surface area contributed by atoms with Crippen LogP contribution in [0.4, 0.5) is 0 Å². The average Bonchev–Trinajstić information content (AvgIpc) is 2.43. The maximum atomic E-state index is 9.17. The molecule has 0 spiro atoms. The molecule has 4 heteroatoms. The van der Waals surface area contributed by atoms with Crippen LogP contribution in [0.1, 0.15) is 37.8 Å². The number of unbranched alkanes of at least 4 members (excludes halogenated alkanes) is 1. The molecule has 0 atom stereocenters. The Hall–Kier alpha value is -2.46. The zero-order valence-electron chi connectivity index (χ0n) is 11.9. The summed E-state index contributed by atoms with van der Waals surface area (Å²) in [4.78, 5) is 0. The van der Waals surface area contributed by atoms with Gasteiger partial charge in [-0.3, -0.25) is 0 Å². The summed E-state index contributed by atoms with van der Waals surface area (Å²) in [5, 5.41) is 20.8. The molecule has 0 amide bonds. The van der Waals surface area contributed by atoms with E-state index in [1.165, 1.54) is 0 Å². The van der Waals surface area contributed by atoms with Crippen molar-refractivity contribution in [2.45, 2.75) is 32.8 Å². The first kappa shape index (κ1) is 15.6. The molecule has 1 aromatic carbocycles. The molecule has 20 heavy (non-hydrogen) atoms. The van der Waals surface area contributed by atoms with Crippen molar-refractivity contribution in [3.63, 3.8) is 0 Å². The molecule has 0 unspecified atom stereocenters. The van der Waals surface area contributed by atoms with Crippen LogP contribution in [0, 0.1) is 22.7 Å². The van der Waals surface area contributed by atoms with E-state index in [2.05, 4.69) is 24.0 Å². The van der Waals surface area contributed by atoms with E-state index in [1.807, 2.05) is 19.9 Å². The Morgan fingerprint density at radius 3 is 2.75 bits per heavy atom. The van der Waals surface area contributed by atoms with E-state index >= 15 is 0 Å². The van der Waals surface area contributed by atoms with Gasteiger partial charge in [-0.05, 0) is 44.0 Å². The van der Waals surface area contributed by atoms with Gasteiger partial charge in [0.2, 0.25) is 0 Å². The molecule has 1 rings (SSSR count). The van der Waals surface area contributed by atoms with E-state index < -0.39 is 0 Å². The molecule has 0 saturated heterocycles. The molecule has 0 saturated carbocycles. The SMILES string of the molecule is C=C(NCCCC#N)c1ccc(OC(C)C)c(C#N)c1. The smallest absolute Gasteiger partial charge is 0.137 e. The van der Waals surface area contributed by atoms with Gasteiger partial charge < -0.3 is 10.1 Å². The van der Waals surface area contributed by atoms with Crippen molar-refractivity contribution in [2.75, 3.05) is 6.54 Å². The van der Waals surface area contributed by atoms with Crippen LogP contribution in [0.2, 0.25) is 0 Å². The Kier molecular flexibility index (Phi) is 6.13. The zero-order chi connectivity index (χ0) is 15.0. The van der Waals surface area contributed by atoms with E-state index in [9.17, 15) is 0 Å². The van der Waals surface area contributed by atoms with Gasteiger partial charge in [-0.25, -0.2) is 0 Å². The fourth-order valence-corrected chi connectivity index (χ4v) is 1.67. The van der Waals surface area contributed by atoms with Gasteiger partial charge in [0.1, 0.15) is 11.8 Å². The molecule has 4 nitrogen and oxygen atoms in total. The number of hydrogen-bond acceptors (Lipinski definition) is 4. The van der Waals surface area contributed by atoms with Gasteiger partial charge in [0, 0.05) is 18.7 Å². The summed E-state index contributed by atoms with van der Waals surface area (Å²) < 4.78 is 5.58. The summed E-state index contributed by atoms with van der Waals surface area (Å²) in [6.07, 6.45) is 1.32. The Bertz CT molecular complexity index is 550. The third-order valence-corrected chi connectivity index (χ3v) is 2.61. The predicted octanol–water partition coefficient (Wildman–Crippen LogP) is 3.21. The first-order valence-electron chi connectivity index (χ1n) is 6.59. The molecule has 0 radical (unpaired) electrons. The number of hydrogen-bond donors (Lipinski definition) is 1. The van der Waals surface area contributed by atoms with Gasteiger partial charge in [0.25, 0.3) is 0 Å². The van der Waals surface area contributed by atoms with Crippen LogP contribution >= 0.6 is 0 Å². The van der Waals surface area contributed by atoms with Gasteiger partial charge in [0.15, 0.2) is 0 Å². The monoisotopic (exact) mass is 269 g/mol. The van der Waals surface area contributed by atoms with Gasteiger partial charge in [-0.1, -0.05) is 6.58 Å². The van der Waals surface area contributed by atoms with Crippen molar-refractivity contribution in [1.82, 2.24) is 5.32 Å². The summed E-state index contributed by atoms with van der Waals surface area (Å²) >= 11 is 0. The van der Waals surface area contributed by atoms with Crippen molar-refractivity contribution in [2.24, 2.45) is 0 Å². The molecule has 1 aromatic rings. The number of nitrogens with zero attached hydrogens (tertiary/aromatic N) is 2. The second-order valence-electron chi connectivity index (χ2n) is 4.66. The Morgan fingerprint density at radius 1 is 1.40 bits per heavy atom. The second kappa shape index (κ2) is 7.86. The summed E-state index contributed by atoms with van der Waals surface area (Å²) in [6.45, 7) is 8.48. The minimum Gasteiger partial charge on any atom is -0.490 e. The lowest BCUT2D eigenvalue weighted by Crippen LogP contribution is -2.13. The average molecular weight is 269 g/mol. The van der Waals surface area contributed by atoms with E-state index in [0.717, 1.165) is 17.7 Å². The number of nitrogens with one attached hydrogen (secondary N) is 1. The van der Waals surface area contributed by atoms with Crippen LogP contribution in [0.3, 0.4) is 0 Å². The number of benzene rings is 1. The largest absolute Gasteiger partial charge is 0.490 e. The van der Waals surface area contributed by atoms with Gasteiger partial charge in [-0.15, -0.1) is 0 Å². The van der Waals surface area contributed by atoms with Gasteiger partial charge in [-0.2, -0.15) is 10.5 Å². The predicted molar refractivity (Wildman–Crippen MR) is 78.8 cm³/mol. The maximum absolute atomic E-state index is 9.17. The highest BCUT2D eigenvalue weighted by Crippen LogP contribution is 2.23. The fourth-order valence-electron chi connectivity index (χ4n) is 1.67. The molecule has 0 heterocycles. The van der Waals surface area contributed by atoms with Crippen molar-refractivity contribution in [3.8, 4) is 17.9 Å². The fraction of sp³-hybridized carbons (Fsp3) is 0.375. The highest BCUT2D eigenvalue weighted by molar-refractivity contribution is 5.65. The van der Waals surface area contributed by atoms with E-state index in [-0.39, 0.29) is 6.10 Å². The molecule has 104 valence electrons. The first-order valence-corrected chi connectivity index (χ1v) is 6.59. The summed E-state index contributed by atoms with van der Waals surface area (Å²) in [7, 11) is 0. The van der Waals surface area contributed by atoms with Crippen LogP contribution in [-0.2, 0) is 0 Å². The lowest BCUT2D eigenvalue weighted by atomic mass is 10.1. The van der Waals surface area contributed by atoms with Crippen LogP contribution in [0.25, 0.3) is 5.70 Å². The molecule has 0 aliphatic rings. The van der Waals surface area contributed by atoms with Crippen LogP contribution < -0.4 is 10.1 Å². The Labute approximate surface area is 120 Å². The minimum absolute atomic E-state index is 0.0280. The van der Waals surface area contributed by atoms with E-state index in [4.69, 9.17) is 15.3 Å². The van der Waals surface area contributed by atoms with Crippen LogP contribution in [-0.4, -0.2) is 12.6 Å². The highest BCUT2D eigenvalue weighted by Gasteiger charge is 2.08. The summed E-state index contributed by atoms with van der Waals surface area (Å²) in [6, 6.07) is 9.65. The van der Waals surface area contributed by atoms with Gasteiger partial charge >= 0.3 is 0 Å². The molecular weight excluding hydrogens is 250 g/mol. The summed E-state index contributed by atoms with van der Waals surface area (Å²) in [5.41, 5.74) is 2.10. The lowest BCUT2D eigenvalue weighted by Gasteiger charge is -2.14. The zero-order valence-corrected chi connectivity index (χ0v) is 11.9. The number of nitriles is 2. The lowest BCUT2D eigenvalue weighted by molar-refractivity contribution is 0.241. The molecule has 0 bridgehead atoms. The Balaban J connectivity index is 2.75. The van der Waals surface area contributed by atoms with Gasteiger partial charge in [0.05, 0.1) is 17.7 Å². The molecule has 1 N–H and O–H groups in total. The van der Waals surface area contributed by atoms with Crippen molar-refractivity contribution in [1.29, 1.82) is 10.5 Å². The highest BCUT2D eigenvalue weighted by atomic mass is 16.5. The van der Waals surface area contributed by atoms with Crippen molar-refractivity contribution in [3.05, 3.63) is 35.9 Å². The van der Waals surface area contributed by atoms with Crippen LogP contribution in [0.15, 0.2) is 24.8 Å². The number of rotatable bonds is 7. The van der Waals surface area contributed by atoms with E-state index in [1.54, 1.807) is 12.1 Å². The third-order valence-electron chi connectivity index (χ3n) is 2.61. The normalized spacial score (nSPS) is 9.65. The molecule has 0 aliphatic heterocycles. The molecule has 0 aliphatic carbocycles. The number of ether oxygens (including phenoxy) is 1. The van der Waals surface area contributed by atoms with Crippen LogP contribution in [0.5, 0.6) is 5.75 Å². The minimum atomic E-state index is 0.0280. The second-order valence-corrected chi connectivity index (χ2v) is 4.66. The molecule has 0 fully saturated rings. The topological polar surface area (TPSA) is 68.8 Å². The third kappa shape index (κ3) is 4.66. The molecule has 0 aromatic heterocycles. The maximum Gasteiger partial charge on any atom is 0.137 e. The van der Waals surface area contributed by atoms with Crippen molar-refractivity contribution < 1.29 is 4.74 Å². The van der Waals surface area contributed by atoms with E-state index in [0.29, 0.717) is 24.3 Å². The summed E-state index contributed by atoms with van der Waals surface area (Å²) in [5.74, 6) is 0.587.